The van der Waals surface area contributed by atoms with Gasteiger partial charge in [0.05, 0.1) is 10.6 Å². The fourth-order valence-corrected chi connectivity index (χ4v) is 3.88. The second-order valence-electron chi connectivity index (χ2n) is 6.92. The number of rotatable bonds is 2. The maximum Gasteiger partial charge on any atom is 0.501 e. The lowest BCUT2D eigenvalue weighted by molar-refractivity contribution is -0.0435. The summed E-state index contributed by atoms with van der Waals surface area (Å²) in [7, 11) is -5.37. The Hall–Kier alpha value is -1.28. The summed E-state index contributed by atoms with van der Waals surface area (Å²) >= 11 is 0. The Balaban J connectivity index is 2.34. The zero-order valence-electron chi connectivity index (χ0n) is 14.1. The third kappa shape index (κ3) is 3.85. The van der Waals surface area contributed by atoms with Gasteiger partial charge in [-0.3, -0.25) is 4.90 Å². The molecule has 1 fully saturated rings. The summed E-state index contributed by atoms with van der Waals surface area (Å²) in [6, 6.07) is 5.37. The number of hydrogen-bond acceptors (Lipinski definition) is 4. The molecule has 0 amide bonds. The SMILES string of the molecule is CC(C)(C)N1CCCN(c2ccccc2S(=O)(=O)C(F)(F)F)CC1. The molecule has 24 heavy (non-hydrogen) atoms. The lowest BCUT2D eigenvalue weighted by Gasteiger charge is -2.34. The molecule has 0 spiro atoms. The van der Waals surface area contributed by atoms with E-state index in [4.69, 9.17) is 0 Å². The quantitative estimate of drug-likeness (QED) is 0.807. The number of nitrogens with zero attached hydrogens (tertiary/aromatic N) is 2. The summed E-state index contributed by atoms with van der Waals surface area (Å²) in [5.41, 5.74) is -5.20. The van der Waals surface area contributed by atoms with Crippen LogP contribution in [0.2, 0.25) is 0 Å². The van der Waals surface area contributed by atoms with E-state index in [-0.39, 0.29) is 11.2 Å². The second kappa shape index (κ2) is 6.55. The minimum absolute atomic E-state index is 0.0342. The fourth-order valence-electron chi connectivity index (χ4n) is 2.90. The van der Waals surface area contributed by atoms with Crippen molar-refractivity contribution in [1.82, 2.24) is 4.90 Å². The molecule has 1 aromatic carbocycles. The number of alkyl halides is 3. The van der Waals surface area contributed by atoms with Crippen LogP contribution in [0.3, 0.4) is 0 Å². The van der Waals surface area contributed by atoms with E-state index in [0.717, 1.165) is 19.0 Å². The first-order valence-electron chi connectivity index (χ1n) is 7.85. The van der Waals surface area contributed by atoms with Gasteiger partial charge >= 0.3 is 5.51 Å². The third-order valence-corrected chi connectivity index (χ3v) is 5.78. The normalized spacial score (nSPS) is 18.5. The fraction of sp³-hybridized carbons (Fsp3) is 0.625. The largest absolute Gasteiger partial charge is 0.501 e. The molecule has 1 aliphatic heterocycles. The van der Waals surface area contributed by atoms with Gasteiger partial charge in [0.15, 0.2) is 0 Å². The summed E-state index contributed by atoms with van der Waals surface area (Å²) in [5.74, 6) is 0. The van der Waals surface area contributed by atoms with Crippen LogP contribution >= 0.6 is 0 Å². The van der Waals surface area contributed by atoms with Gasteiger partial charge in [-0.25, -0.2) is 8.42 Å². The molecule has 0 radical (unpaired) electrons. The minimum atomic E-state index is -5.37. The first-order valence-corrected chi connectivity index (χ1v) is 9.33. The van der Waals surface area contributed by atoms with Crippen molar-refractivity contribution in [2.24, 2.45) is 0 Å². The lowest BCUT2D eigenvalue weighted by Crippen LogP contribution is -2.43. The Labute approximate surface area is 141 Å². The molecule has 0 bridgehead atoms. The van der Waals surface area contributed by atoms with Crippen molar-refractivity contribution in [2.75, 3.05) is 31.1 Å². The molecular formula is C16H23F3N2O2S. The van der Waals surface area contributed by atoms with E-state index < -0.39 is 20.2 Å². The molecule has 2 rings (SSSR count). The van der Waals surface area contributed by atoms with Gasteiger partial charge in [0, 0.05) is 31.7 Å². The highest BCUT2D eigenvalue weighted by molar-refractivity contribution is 7.92. The van der Waals surface area contributed by atoms with Gasteiger partial charge in [0.25, 0.3) is 9.84 Å². The van der Waals surface area contributed by atoms with Gasteiger partial charge in [-0.1, -0.05) is 12.1 Å². The molecule has 8 heteroatoms. The summed E-state index contributed by atoms with van der Waals surface area (Å²) in [5, 5.41) is 0. The topological polar surface area (TPSA) is 40.6 Å². The van der Waals surface area contributed by atoms with E-state index in [2.05, 4.69) is 25.7 Å². The van der Waals surface area contributed by atoms with Crippen LogP contribution < -0.4 is 4.90 Å². The van der Waals surface area contributed by atoms with Crippen molar-refractivity contribution in [2.45, 2.75) is 43.1 Å². The van der Waals surface area contributed by atoms with Crippen LogP contribution in [0.15, 0.2) is 29.2 Å². The summed E-state index contributed by atoms with van der Waals surface area (Å²) in [6.45, 7) is 8.77. The summed E-state index contributed by atoms with van der Waals surface area (Å²) in [4.78, 5) is 3.33. The molecule has 1 saturated heterocycles. The van der Waals surface area contributed by atoms with Crippen molar-refractivity contribution in [3.05, 3.63) is 24.3 Å². The molecule has 0 atom stereocenters. The molecule has 4 nitrogen and oxygen atoms in total. The van der Waals surface area contributed by atoms with E-state index in [1.807, 2.05) is 0 Å². The van der Waals surface area contributed by atoms with E-state index in [1.54, 1.807) is 11.0 Å². The van der Waals surface area contributed by atoms with Crippen LogP contribution in [0.4, 0.5) is 18.9 Å². The highest BCUT2D eigenvalue weighted by Crippen LogP contribution is 2.36. The van der Waals surface area contributed by atoms with E-state index in [9.17, 15) is 21.6 Å². The smallest absolute Gasteiger partial charge is 0.369 e. The first-order chi connectivity index (χ1) is 10.9. The van der Waals surface area contributed by atoms with Crippen molar-refractivity contribution in [1.29, 1.82) is 0 Å². The van der Waals surface area contributed by atoms with E-state index in [1.165, 1.54) is 12.1 Å². The Morgan fingerprint density at radius 1 is 0.958 bits per heavy atom. The highest BCUT2D eigenvalue weighted by Gasteiger charge is 2.48. The Morgan fingerprint density at radius 3 is 2.17 bits per heavy atom. The lowest BCUT2D eigenvalue weighted by atomic mass is 10.1. The molecule has 1 aliphatic rings. The van der Waals surface area contributed by atoms with Gasteiger partial charge in [0.2, 0.25) is 0 Å². The van der Waals surface area contributed by atoms with E-state index in [0.29, 0.717) is 19.6 Å². The predicted molar refractivity (Wildman–Crippen MR) is 87.8 cm³/mol. The van der Waals surface area contributed by atoms with Crippen LogP contribution in [0.25, 0.3) is 0 Å². The number of para-hydroxylation sites is 1. The third-order valence-electron chi connectivity index (χ3n) is 4.24. The molecule has 0 aliphatic carbocycles. The average molecular weight is 364 g/mol. The zero-order chi connectivity index (χ0) is 18.2. The molecule has 1 heterocycles. The number of sulfone groups is 1. The Bertz CT molecular complexity index is 681. The van der Waals surface area contributed by atoms with Crippen LogP contribution in [-0.4, -0.2) is 50.5 Å². The van der Waals surface area contributed by atoms with Crippen LogP contribution in [0, 0.1) is 0 Å². The highest BCUT2D eigenvalue weighted by atomic mass is 32.2. The van der Waals surface area contributed by atoms with Gasteiger partial charge < -0.3 is 4.90 Å². The molecule has 0 aromatic heterocycles. The zero-order valence-corrected chi connectivity index (χ0v) is 14.9. The van der Waals surface area contributed by atoms with Gasteiger partial charge in [-0.2, -0.15) is 13.2 Å². The van der Waals surface area contributed by atoms with Gasteiger partial charge in [-0.15, -0.1) is 0 Å². The van der Waals surface area contributed by atoms with E-state index >= 15 is 0 Å². The van der Waals surface area contributed by atoms with Crippen molar-refractivity contribution in [3.63, 3.8) is 0 Å². The standard InChI is InChI=1S/C16H23F3N2O2S/c1-15(2,3)21-10-6-9-20(11-12-21)13-7-4-5-8-14(13)24(22,23)16(17,18)19/h4-5,7-8H,6,9-12H2,1-3H3. The molecule has 0 saturated carbocycles. The maximum atomic E-state index is 13.0. The minimum Gasteiger partial charge on any atom is -0.369 e. The second-order valence-corrected chi connectivity index (χ2v) is 8.82. The number of anilines is 1. The summed E-state index contributed by atoms with van der Waals surface area (Å²) < 4.78 is 62.6. The van der Waals surface area contributed by atoms with Crippen molar-refractivity contribution < 1.29 is 21.6 Å². The van der Waals surface area contributed by atoms with Crippen LogP contribution in [-0.2, 0) is 9.84 Å². The van der Waals surface area contributed by atoms with Crippen molar-refractivity contribution in [3.8, 4) is 0 Å². The molecule has 0 unspecified atom stereocenters. The molecule has 1 aromatic rings. The van der Waals surface area contributed by atoms with Gasteiger partial charge in [0.1, 0.15) is 0 Å². The van der Waals surface area contributed by atoms with Crippen molar-refractivity contribution >= 4 is 15.5 Å². The maximum absolute atomic E-state index is 13.0. The average Bonchev–Trinajstić information content (AvgIpc) is 2.71. The molecular weight excluding hydrogens is 341 g/mol. The summed E-state index contributed by atoms with van der Waals surface area (Å²) in [6.07, 6.45) is 0.762. The Morgan fingerprint density at radius 2 is 1.58 bits per heavy atom. The number of benzene rings is 1. The predicted octanol–water partition coefficient (Wildman–Crippen LogP) is 3.29. The first kappa shape index (κ1) is 19.1. The molecule has 0 N–H and O–H groups in total. The number of halogens is 3. The van der Waals surface area contributed by atoms with Crippen LogP contribution in [0.1, 0.15) is 27.2 Å². The monoisotopic (exact) mass is 364 g/mol. The van der Waals surface area contributed by atoms with Gasteiger partial charge in [-0.05, 0) is 39.3 Å². The number of hydrogen-bond donors (Lipinski definition) is 0. The van der Waals surface area contributed by atoms with Crippen LogP contribution in [0.5, 0.6) is 0 Å². The molecule has 136 valence electrons. The Kier molecular flexibility index (Phi) is 5.20.